The van der Waals surface area contributed by atoms with Crippen LogP contribution in [0.4, 0.5) is 0 Å². The number of hydrogen-bond acceptors (Lipinski definition) is 4. The van der Waals surface area contributed by atoms with Crippen LogP contribution in [0.3, 0.4) is 0 Å². The Balaban J connectivity index is 0. The topological polar surface area (TPSA) is 77.4 Å². The molecule has 0 spiro atoms. The molecule has 1 atom stereocenters. The molecule has 1 unspecified atom stereocenters. The minimum Gasteiger partial charge on any atom is -0.748 e. The van der Waals surface area contributed by atoms with Gasteiger partial charge in [-0.15, -0.1) is 0 Å². The van der Waals surface area contributed by atoms with Gasteiger partial charge in [0.2, 0.25) is 0 Å². The largest absolute Gasteiger partial charge is 1.00 e. The van der Waals surface area contributed by atoms with E-state index in [2.05, 4.69) is 6.92 Å². The van der Waals surface area contributed by atoms with E-state index in [1.54, 1.807) is 0 Å². The average Bonchev–Trinajstić information content (AvgIpc) is 2.39. The molecule has 0 aromatic rings. The molecule has 6 heteroatoms. The summed E-state index contributed by atoms with van der Waals surface area (Å²) in [6.45, 7) is 2.10. The molecule has 128 valence electrons. The fourth-order valence-electron chi connectivity index (χ4n) is 2.55. The molecule has 0 aromatic carbocycles. The fraction of sp³-hybridized carbons (Fsp3) is 1.00. The Kier molecular flexibility index (Phi) is 20.3. The molecule has 0 saturated heterocycles. The number of hydrogen-bond donors (Lipinski definition) is 1. The van der Waals surface area contributed by atoms with Gasteiger partial charge < -0.3 is 9.66 Å². The molecule has 0 aliphatic carbocycles. The van der Waals surface area contributed by atoms with Crippen molar-refractivity contribution in [1.82, 2.24) is 0 Å². The number of aliphatic hydroxyl groups excluding tert-OH is 1. The van der Waals surface area contributed by atoms with Gasteiger partial charge in [0.1, 0.15) is 0 Å². The van der Waals surface area contributed by atoms with Gasteiger partial charge in [0.25, 0.3) is 0 Å². The predicted molar refractivity (Wildman–Crippen MR) is 86.3 cm³/mol. The van der Waals surface area contributed by atoms with Crippen molar-refractivity contribution in [3.8, 4) is 0 Å². The zero-order valence-corrected chi connectivity index (χ0v) is 18.5. The van der Waals surface area contributed by atoms with E-state index in [1.165, 1.54) is 32.1 Å². The van der Waals surface area contributed by atoms with E-state index in [1.807, 2.05) is 0 Å². The van der Waals surface area contributed by atoms with Crippen LogP contribution in [0.2, 0.25) is 0 Å². The molecule has 0 saturated carbocycles. The van der Waals surface area contributed by atoms with Gasteiger partial charge in [-0.2, -0.15) is 0 Å². The summed E-state index contributed by atoms with van der Waals surface area (Å²) < 4.78 is 31.2. The number of aliphatic hydroxyl groups is 1. The minimum atomic E-state index is -4.01. The Morgan fingerprint density at radius 3 is 1.64 bits per heavy atom. The van der Waals surface area contributed by atoms with Crippen LogP contribution in [0.25, 0.3) is 0 Å². The summed E-state index contributed by atoms with van der Waals surface area (Å²) >= 11 is 0. The summed E-state index contributed by atoms with van der Waals surface area (Å²) in [5, 5.41) is 9.59. The van der Waals surface area contributed by atoms with Crippen molar-refractivity contribution in [3.63, 3.8) is 0 Å². The average molecular weight is 361 g/mol. The maximum absolute atomic E-state index is 10.4. The number of unbranched alkanes of at least 4 members (excludes halogenated alkanes) is 9. The van der Waals surface area contributed by atoms with Gasteiger partial charge in [-0.25, -0.2) is 8.42 Å². The third-order valence-electron chi connectivity index (χ3n) is 3.80. The van der Waals surface area contributed by atoms with Crippen molar-refractivity contribution in [2.45, 2.75) is 96.5 Å². The van der Waals surface area contributed by atoms with Gasteiger partial charge in [-0.3, -0.25) is 0 Å². The second kappa shape index (κ2) is 17.3. The molecule has 4 nitrogen and oxygen atoms in total. The minimum absolute atomic E-state index is 0. The van der Waals surface area contributed by atoms with Crippen LogP contribution in [0.15, 0.2) is 0 Å². The third kappa shape index (κ3) is 21.5. The molecular formula is C16H33KO4S. The second-order valence-electron chi connectivity index (χ2n) is 6.03. The molecule has 0 rings (SSSR count). The van der Waals surface area contributed by atoms with Crippen LogP contribution in [0, 0.1) is 0 Å². The van der Waals surface area contributed by atoms with Crippen LogP contribution in [0.1, 0.15) is 90.4 Å². The molecule has 0 aromatic heterocycles. The predicted octanol–water partition coefficient (Wildman–Crippen LogP) is 0.988. The summed E-state index contributed by atoms with van der Waals surface area (Å²) in [5.74, 6) is -0.211. The summed E-state index contributed by atoms with van der Waals surface area (Å²) in [6.07, 6.45) is 13.6. The van der Waals surface area contributed by atoms with Gasteiger partial charge in [0.15, 0.2) is 0 Å². The summed E-state index contributed by atoms with van der Waals surface area (Å²) in [4.78, 5) is 0. The van der Waals surface area contributed by atoms with E-state index in [0.29, 0.717) is 6.42 Å². The van der Waals surface area contributed by atoms with Crippen molar-refractivity contribution in [2.75, 3.05) is 5.75 Å². The third-order valence-corrected chi connectivity index (χ3v) is 4.59. The van der Waals surface area contributed by atoms with Crippen molar-refractivity contribution in [2.24, 2.45) is 0 Å². The summed E-state index contributed by atoms with van der Waals surface area (Å²) in [7, 11) is -4.01. The van der Waals surface area contributed by atoms with Crippen molar-refractivity contribution < 1.29 is 69.5 Å². The Labute approximate surface area is 180 Å². The van der Waals surface area contributed by atoms with Crippen molar-refractivity contribution in [3.05, 3.63) is 0 Å². The molecule has 0 aliphatic rings. The molecule has 0 bridgehead atoms. The van der Waals surface area contributed by atoms with Crippen molar-refractivity contribution >= 4 is 10.1 Å². The van der Waals surface area contributed by atoms with E-state index in [4.69, 9.17) is 0 Å². The fourth-order valence-corrected chi connectivity index (χ4v) is 3.11. The van der Waals surface area contributed by atoms with Gasteiger partial charge in [-0.1, -0.05) is 71.1 Å². The first kappa shape index (κ1) is 25.7. The first-order valence-corrected chi connectivity index (χ1v) is 10.1. The SMILES string of the molecule is CCCC(O)CCCCCCCCCCCCS(=O)(=O)[O-].[K+]. The molecule has 1 N–H and O–H groups in total. The van der Waals surface area contributed by atoms with Crippen molar-refractivity contribution in [1.29, 1.82) is 0 Å². The van der Waals surface area contributed by atoms with E-state index >= 15 is 0 Å². The standard InChI is InChI=1S/C16H34O4S.K/c1-2-13-16(17)14-11-9-7-5-3-4-6-8-10-12-15-21(18,19)20;/h16-17H,2-15H2,1H3,(H,18,19,20);/q;+1/p-1. The molecule has 0 radical (unpaired) electrons. The molecule has 0 fully saturated rings. The van der Waals surface area contributed by atoms with Crippen LogP contribution in [0.5, 0.6) is 0 Å². The van der Waals surface area contributed by atoms with E-state index < -0.39 is 10.1 Å². The molecule has 22 heavy (non-hydrogen) atoms. The van der Waals surface area contributed by atoms with Crippen LogP contribution in [-0.4, -0.2) is 29.9 Å². The Hall–Kier alpha value is 1.51. The molecule has 0 amide bonds. The van der Waals surface area contributed by atoms with Crippen LogP contribution in [-0.2, 0) is 10.1 Å². The molecule has 0 heterocycles. The summed E-state index contributed by atoms with van der Waals surface area (Å²) in [5.41, 5.74) is 0. The van der Waals surface area contributed by atoms with Crippen LogP contribution < -0.4 is 51.4 Å². The Morgan fingerprint density at radius 1 is 0.818 bits per heavy atom. The summed E-state index contributed by atoms with van der Waals surface area (Å²) in [6, 6.07) is 0. The van der Waals surface area contributed by atoms with E-state index in [0.717, 1.165) is 44.9 Å². The Bertz CT molecular complexity index is 320. The van der Waals surface area contributed by atoms with E-state index in [9.17, 15) is 18.1 Å². The van der Waals surface area contributed by atoms with Gasteiger partial charge in [0, 0.05) is 5.75 Å². The monoisotopic (exact) mass is 360 g/mol. The maximum Gasteiger partial charge on any atom is 1.00 e. The van der Waals surface area contributed by atoms with Gasteiger partial charge >= 0.3 is 51.4 Å². The number of rotatable bonds is 15. The first-order chi connectivity index (χ1) is 9.95. The smallest absolute Gasteiger partial charge is 0.748 e. The normalized spacial score (nSPS) is 12.9. The van der Waals surface area contributed by atoms with Gasteiger partial charge in [-0.05, 0) is 19.3 Å². The zero-order chi connectivity index (χ0) is 16.0. The molecular weight excluding hydrogens is 327 g/mol. The Morgan fingerprint density at radius 2 is 1.23 bits per heavy atom. The molecule has 0 aliphatic heterocycles. The van der Waals surface area contributed by atoms with Gasteiger partial charge in [0.05, 0.1) is 16.2 Å². The van der Waals surface area contributed by atoms with E-state index in [-0.39, 0.29) is 63.2 Å². The van der Waals surface area contributed by atoms with Crippen LogP contribution >= 0.6 is 0 Å². The second-order valence-corrected chi connectivity index (χ2v) is 7.55. The first-order valence-electron chi connectivity index (χ1n) is 8.57. The maximum atomic E-state index is 10.4. The zero-order valence-electron chi connectivity index (χ0n) is 14.6. The quantitative estimate of drug-likeness (QED) is 0.268.